The molecule has 1 aliphatic heterocycles. The van der Waals surface area contributed by atoms with E-state index in [-0.39, 0.29) is 29.1 Å². The number of likely N-dealkylation sites (tertiary alicyclic amines) is 1. The Kier molecular flexibility index (Phi) is 8.80. The average molecular weight is 442 g/mol. The molecule has 0 radical (unpaired) electrons. The van der Waals surface area contributed by atoms with Gasteiger partial charge in [-0.25, -0.2) is 4.39 Å². The minimum absolute atomic E-state index is 0.00267. The number of aromatic hydroxyl groups is 1. The SMILES string of the molecule is COc1ccc(O)c(C(=O)CCCCCCN2CCC(C(=O)c3ccc(F)cc3)CC2)c1. The van der Waals surface area contributed by atoms with Gasteiger partial charge >= 0.3 is 0 Å². The van der Waals surface area contributed by atoms with Gasteiger partial charge in [0.15, 0.2) is 11.6 Å². The van der Waals surface area contributed by atoms with Crippen LogP contribution in [0.15, 0.2) is 42.5 Å². The van der Waals surface area contributed by atoms with Crippen LogP contribution in [0, 0.1) is 11.7 Å². The van der Waals surface area contributed by atoms with E-state index in [2.05, 4.69) is 4.90 Å². The van der Waals surface area contributed by atoms with E-state index in [1.807, 2.05) is 0 Å². The maximum absolute atomic E-state index is 13.1. The van der Waals surface area contributed by atoms with Gasteiger partial charge < -0.3 is 14.7 Å². The highest BCUT2D eigenvalue weighted by Gasteiger charge is 2.25. The predicted molar refractivity (Wildman–Crippen MR) is 122 cm³/mol. The molecule has 0 aliphatic carbocycles. The van der Waals surface area contributed by atoms with E-state index in [4.69, 9.17) is 4.74 Å². The molecular weight excluding hydrogens is 409 g/mol. The maximum Gasteiger partial charge on any atom is 0.166 e. The van der Waals surface area contributed by atoms with Crippen molar-refractivity contribution in [3.05, 3.63) is 59.4 Å². The van der Waals surface area contributed by atoms with Crippen molar-refractivity contribution in [2.75, 3.05) is 26.7 Å². The zero-order valence-electron chi connectivity index (χ0n) is 18.7. The fourth-order valence-electron chi connectivity index (χ4n) is 4.24. The lowest BCUT2D eigenvalue weighted by molar-refractivity contribution is 0.0838. The van der Waals surface area contributed by atoms with Gasteiger partial charge in [-0.15, -0.1) is 0 Å². The van der Waals surface area contributed by atoms with Crippen molar-refractivity contribution in [2.24, 2.45) is 5.92 Å². The van der Waals surface area contributed by atoms with Crippen LogP contribution in [0.2, 0.25) is 0 Å². The number of hydrogen-bond donors (Lipinski definition) is 1. The highest BCUT2D eigenvalue weighted by Crippen LogP contribution is 2.25. The van der Waals surface area contributed by atoms with Gasteiger partial charge in [-0.2, -0.15) is 0 Å². The molecule has 0 bridgehead atoms. The van der Waals surface area contributed by atoms with Gasteiger partial charge in [0.25, 0.3) is 0 Å². The van der Waals surface area contributed by atoms with Gasteiger partial charge in [0.05, 0.1) is 12.7 Å². The average Bonchev–Trinajstić information content (AvgIpc) is 2.82. The van der Waals surface area contributed by atoms with Gasteiger partial charge in [0.2, 0.25) is 0 Å². The van der Waals surface area contributed by atoms with Crippen LogP contribution in [0.5, 0.6) is 11.5 Å². The molecule has 0 saturated carbocycles. The normalized spacial score (nSPS) is 14.9. The van der Waals surface area contributed by atoms with Crippen LogP contribution in [0.4, 0.5) is 4.39 Å². The highest BCUT2D eigenvalue weighted by molar-refractivity contribution is 5.99. The van der Waals surface area contributed by atoms with E-state index >= 15 is 0 Å². The van der Waals surface area contributed by atoms with Crippen molar-refractivity contribution in [1.29, 1.82) is 0 Å². The van der Waals surface area contributed by atoms with E-state index in [1.165, 1.54) is 25.3 Å². The Balaban J connectivity index is 1.30. The van der Waals surface area contributed by atoms with Crippen molar-refractivity contribution in [3.8, 4) is 11.5 Å². The second-order valence-electron chi connectivity index (χ2n) is 8.46. The first-order valence-electron chi connectivity index (χ1n) is 11.4. The molecule has 0 atom stereocenters. The summed E-state index contributed by atoms with van der Waals surface area (Å²) in [6.07, 6.45) is 5.97. The molecule has 2 aromatic rings. The fraction of sp³-hybridized carbons (Fsp3) is 0.462. The third-order valence-corrected chi connectivity index (χ3v) is 6.22. The first-order valence-corrected chi connectivity index (χ1v) is 11.4. The van der Waals surface area contributed by atoms with Crippen molar-refractivity contribution >= 4 is 11.6 Å². The van der Waals surface area contributed by atoms with E-state index in [0.29, 0.717) is 23.3 Å². The van der Waals surface area contributed by atoms with E-state index in [0.717, 1.165) is 58.2 Å². The molecule has 0 unspecified atom stereocenters. The Labute approximate surface area is 189 Å². The first-order chi connectivity index (χ1) is 15.5. The lowest BCUT2D eigenvalue weighted by Gasteiger charge is -2.31. The largest absolute Gasteiger partial charge is 0.507 e. The number of piperidine rings is 1. The number of phenolic OH excluding ortho intramolecular Hbond substituents is 1. The highest BCUT2D eigenvalue weighted by atomic mass is 19.1. The Morgan fingerprint density at radius 3 is 2.41 bits per heavy atom. The molecule has 2 aromatic carbocycles. The second-order valence-corrected chi connectivity index (χ2v) is 8.46. The summed E-state index contributed by atoms with van der Waals surface area (Å²) in [7, 11) is 1.53. The number of Topliss-reactive ketones (excluding diaryl/α,β-unsaturated/α-hetero) is 2. The number of phenols is 1. The van der Waals surface area contributed by atoms with E-state index in [9.17, 15) is 19.1 Å². The van der Waals surface area contributed by atoms with Crippen LogP contribution in [0.3, 0.4) is 0 Å². The van der Waals surface area contributed by atoms with Gasteiger partial charge in [-0.3, -0.25) is 9.59 Å². The number of rotatable bonds is 11. The Morgan fingerprint density at radius 1 is 1.03 bits per heavy atom. The topological polar surface area (TPSA) is 66.8 Å². The summed E-state index contributed by atoms with van der Waals surface area (Å²) >= 11 is 0. The molecule has 1 fully saturated rings. The lowest BCUT2D eigenvalue weighted by Crippen LogP contribution is -2.36. The van der Waals surface area contributed by atoms with E-state index in [1.54, 1.807) is 24.3 Å². The van der Waals surface area contributed by atoms with Crippen LogP contribution in [-0.2, 0) is 0 Å². The minimum atomic E-state index is -0.320. The summed E-state index contributed by atoms with van der Waals surface area (Å²) in [5.41, 5.74) is 0.920. The molecule has 32 heavy (non-hydrogen) atoms. The number of ketones is 2. The molecule has 1 heterocycles. The Morgan fingerprint density at radius 2 is 1.72 bits per heavy atom. The Bertz CT molecular complexity index is 905. The van der Waals surface area contributed by atoms with Crippen LogP contribution in [0.1, 0.15) is 65.7 Å². The molecule has 5 nitrogen and oxygen atoms in total. The van der Waals surface area contributed by atoms with Crippen LogP contribution >= 0.6 is 0 Å². The van der Waals surface area contributed by atoms with Crippen molar-refractivity contribution in [1.82, 2.24) is 4.90 Å². The molecule has 1 aliphatic rings. The number of unbranched alkanes of at least 4 members (excludes halogenated alkanes) is 3. The minimum Gasteiger partial charge on any atom is -0.507 e. The predicted octanol–water partition coefficient (Wildman–Crippen LogP) is 5.27. The van der Waals surface area contributed by atoms with Crippen molar-refractivity contribution in [2.45, 2.75) is 44.9 Å². The zero-order chi connectivity index (χ0) is 22.9. The second kappa shape index (κ2) is 11.8. The summed E-state index contributed by atoms with van der Waals surface area (Å²) in [6, 6.07) is 10.5. The summed E-state index contributed by atoms with van der Waals surface area (Å²) in [6.45, 7) is 2.82. The molecule has 1 N–H and O–H groups in total. The zero-order valence-corrected chi connectivity index (χ0v) is 18.7. The third kappa shape index (κ3) is 6.63. The van der Waals surface area contributed by atoms with Crippen molar-refractivity contribution < 1.29 is 23.8 Å². The van der Waals surface area contributed by atoms with Gasteiger partial charge in [-0.05, 0) is 87.8 Å². The molecule has 1 saturated heterocycles. The van der Waals surface area contributed by atoms with Gasteiger partial charge in [0.1, 0.15) is 17.3 Å². The summed E-state index contributed by atoms with van der Waals surface area (Å²) in [5, 5.41) is 9.90. The number of methoxy groups -OCH3 is 1. The van der Waals surface area contributed by atoms with Gasteiger partial charge in [-0.1, -0.05) is 12.8 Å². The Hall–Kier alpha value is -2.73. The smallest absolute Gasteiger partial charge is 0.166 e. The van der Waals surface area contributed by atoms with Crippen LogP contribution in [-0.4, -0.2) is 48.3 Å². The molecule has 0 aromatic heterocycles. The van der Waals surface area contributed by atoms with Crippen molar-refractivity contribution in [3.63, 3.8) is 0 Å². The first kappa shape index (κ1) is 23.9. The molecule has 0 spiro atoms. The molecule has 3 rings (SSSR count). The molecule has 6 heteroatoms. The molecular formula is C26H32FNO4. The number of carbonyl (C=O) groups is 2. The number of hydrogen-bond acceptors (Lipinski definition) is 5. The van der Waals surface area contributed by atoms with E-state index < -0.39 is 0 Å². The van der Waals surface area contributed by atoms with Crippen LogP contribution < -0.4 is 4.74 Å². The van der Waals surface area contributed by atoms with Gasteiger partial charge in [0, 0.05) is 17.9 Å². The number of halogens is 1. The van der Waals surface area contributed by atoms with Crippen LogP contribution in [0.25, 0.3) is 0 Å². The summed E-state index contributed by atoms with van der Waals surface area (Å²) < 4.78 is 18.2. The monoisotopic (exact) mass is 441 g/mol. The standard InChI is InChI=1S/C26H32FNO4/c1-32-22-11-12-25(30)23(18-22)24(29)6-4-2-3-5-15-28-16-13-20(14-17-28)26(31)19-7-9-21(27)10-8-19/h7-12,18,20,30H,2-6,13-17H2,1H3. The maximum atomic E-state index is 13.1. The fourth-order valence-corrected chi connectivity index (χ4v) is 4.24. The number of carbonyl (C=O) groups excluding carboxylic acids is 2. The number of benzene rings is 2. The number of nitrogens with zero attached hydrogens (tertiary/aromatic N) is 1. The number of ether oxygens (including phenoxy) is 1. The third-order valence-electron chi connectivity index (χ3n) is 6.22. The quantitative estimate of drug-likeness (QED) is 0.380. The summed E-state index contributed by atoms with van der Waals surface area (Å²) in [5.74, 6) is 0.326. The summed E-state index contributed by atoms with van der Waals surface area (Å²) in [4.78, 5) is 27.3. The molecule has 0 amide bonds. The lowest BCUT2D eigenvalue weighted by atomic mass is 9.89. The molecule has 172 valence electrons.